The van der Waals surface area contributed by atoms with Gasteiger partial charge in [-0.3, -0.25) is 0 Å². The molecule has 0 heterocycles. The zero-order valence-electron chi connectivity index (χ0n) is 14.0. The van der Waals surface area contributed by atoms with E-state index in [0.29, 0.717) is 6.54 Å². The molecule has 2 N–H and O–H groups in total. The summed E-state index contributed by atoms with van der Waals surface area (Å²) in [7, 11) is 0. The third kappa shape index (κ3) is 3.12. The molecule has 0 fully saturated rings. The van der Waals surface area contributed by atoms with Gasteiger partial charge in [-0.05, 0) is 52.7 Å². The summed E-state index contributed by atoms with van der Waals surface area (Å²) in [4.78, 5) is 2.27. The van der Waals surface area contributed by atoms with Crippen molar-refractivity contribution in [2.45, 2.75) is 6.54 Å². The van der Waals surface area contributed by atoms with Crippen LogP contribution in [0.3, 0.4) is 0 Å². The second kappa shape index (κ2) is 6.80. The minimum Gasteiger partial charge on any atom is -0.326 e. The molecule has 2 nitrogen and oxygen atoms in total. The Kier molecular flexibility index (Phi) is 4.19. The molecule has 0 aromatic heterocycles. The minimum atomic E-state index is 0.536. The third-order valence-corrected chi connectivity index (χ3v) is 4.41. The molecule has 2 heteroatoms. The first-order chi connectivity index (χ1) is 12.3. The quantitative estimate of drug-likeness (QED) is 0.516. The predicted octanol–water partition coefficient (Wildman–Crippen LogP) is 5.77. The Morgan fingerprint density at radius 1 is 0.560 bits per heavy atom. The van der Waals surface area contributed by atoms with Crippen molar-refractivity contribution >= 4 is 27.8 Å². The lowest BCUT2D eigenvalue weighted by atomic mass is 10.1. The lowest BCUT2D eigenvalue weighted by molar-refractivity contribution is 1.07. The first kappa shape index (κ1) is 15.4. The van der Waals surface area contributed by atoms with Gasteiger partial charge in [0, 0.05) is 23.6 Å². The molecule has 0 unspecified atom stereocenters. The number of rotatable bonds is 4. The molecule has 0 saturated heterocycles. The fraction of sp³-hybridized carbons (Fsp3) is 0.0435. The van der Waals surface area contributed by atoms with Crippen molar-refractivity contribution in [3.63, 3.8) is 0 Å². The number of nitrogens with two attached hydrogens (primary N) is 1. The summed E-state index contributed by atoms with van der Waals surface area (Å²) in [6, 6.07) is 33.9. The van der Waals surface area contributed by atoms with Crippen LogP contribution in [0.2, 0.25) is 0 Å². The van der Waals surface area contributed by atoms with Crippen LogP contribution in [0.15, 0.2) is 97.1 Å². The van der Waals surface area contributed by atoms with Gasteiger partial charge < -0.3 is 10.6 Å². The molecule has 0 bridgehead atoms. The largest absolute Gasteiger partial charge is 0.326 e. The number of fused-ring (bicyclic) bond motifs is 1. The molecule has 0 aliphatic carbocycles. The summed E-state index contributed by atoms with van der Waals surface area (Å²) in [5.74, 6) is 0. The van der Waals surface area contributed by atoms with Crippen molar-refractivity contribution in [1.29, 1.82) is 0 Å². The highest BCUT2D eigenvalue weighted by molar-refractivity contribution is 5.89. The van der Waals surface area contributed by atoms with Crippen LogP contribution >= 0.6 is 0 Å². The maximum absolute atomic E-state index is 5.85. The number of para-hydroxylation sites is 1. The van der Waals surface area contributed by atoms with Crippen LogP contribution in [-0.4, -0.2) is 0 Å². The molecule has 122 valence electrons. The molecule has 4 aromatic carbocycles. The Bertz CT molecular complexity index is 993. The SMILES string of the molecule is NCc1cccc(N(c2ccccc2)c2ccc3ccccc3c2)c1. The fourth-order valence-electron chi connectivity index (χ4n) is 3.16. The maximum atomic E-state index is 5.85. The maximum Gasteiger partial charge on any atom is 0.0468 e. The Labute approximate surface area is 148 Å². The molecule has 4 aromatic rings. The number of hydrogen-bond acceptors (Lipinski definition) is 2. The third-order valence-electron chi connectivity index (χ3n) is 4.41. The molecule has 0 saturated carbocycles. The molecule has 25 heavy (non-hydrogen) atoms. The molecule has 0 aliphatic rings. The van der Waals surface area contributed by atoms with Gasteiger partial charge in [0.15, 0.2) is 0 Å². The molecule has 0 amide bonds. The molecule has 0 spiro atoms. The first-order valence-corrected chi connectivity index (χ1v) is 8.48. The zero-order chi connectivity index (χ0) is 17.1. The van der Waals surface area contributed by atoms with Crippen LogP contribution in [0.4, 0.5) is 17.1 Å². The van der Waals surface area contributed by atoms with Gasteiger partial charge in [0.05, 0.1) is 0 Å². The standard InChI is InChI=1S/C23H20N2/c24-17-18-7-6-12-22(15-18)25(21-10-2-1-3-11-21)23-14-13-19-8-4-5-9-20(19)16-23/h1-16H,17,24H2. The summed E-state index contributed by atoms with van der Waals surface area (Å²) in [5, 5.41) is 2.48. The highest BCUT2D eigenvalue weighted by Gasteiger charge is 2.12. The van der Waals surface area contributed by atoms with Crippen molar-refractivity contribution in [2.24, 2.45) is 5.73 Å². The second-order valence-electron chi connectivity index (χ2n) is 6.08. The number of benzene rings is 4. The van der Waals surface area contributed by atoms with Gasteiger partial charge in [0.25, 0.3) is 0 Å². The van der Waals surface area contributed by atoms with Crippen molar-refractivity contribution in [3.8, 4) is 0 Å². The van der Waals surface area contributed by atoms with E-state index in [9.17, 15) is 0 Å². The van der Waals surface area contributed by atoms with Gasteiger partial charge in [0.1, 0.15) is 0 Å². The van der Waals surface area contributed by atoms with E-state index in [1.54, 1.807) is 0 Å². The van der Waals surface area contributed by atoms with E-state index < -0.39 is 0 Å². The molecule has 0 atom stereocenters. The summed E-state index contributed by atoms with van der Waals surface area (Å²) in [5.41, 5.74) is 10.4. The van der Waals surface area contributed by atoms with Gasteiger partial charge in [-0.25, -0.2) is 0 Å². The van der Waals surface area contributed by atoms with E-state index in [1.165, 1.54) is 10.8 Å². The lowest BCUT2D eigenvalue weighted by Crippen LogP contribution is -2.10. The van der Waals surface area contributed by atoms with Crippen LogP contribution in [0, 0.1) is 0 Å². The minimum absolute atomic E-state index is 0.536. The van der Waals surface area contributed by atoms with Crippen molar-refractivity contribution in [1.82, 2.24) is 0 Å². The molecule has 0 radical (unpaired) electrons. The summed E-state index contributed by atoms with van der Waals surface area (Å²) >= 11 is 0. The zero-order valence-corrected chi connectivity index (χ0v) is 14.0. The smallest absolute Gasteiger partial charge is 0.0468 e. The predicted molar refractivity (Wildman–Crippen MR) is 107 cm³/mol. The lowest BCUT2D eigenvalue weighted by Gasteiger charge is -2.26. The average Bonchev–Trinajstić information content (AvgIpc) is 2.69. The van der Waals surface area contributed by atoms with E-state index in [0.717, 1.165) is 22.6 Å². The van der Waals surface area contributed by atoms with Gasteiger partial charge in [-0.2, -0.15) is 0 Å². The van der Waals surface area contributed by atoms with E-state index in [1.807, 2.05) is 6.07 Å². The average molecular weight is 324 g/mol. The van der Waals surface area contributed by atoms with E-state index in [2.05, 4.69) is 95.9 Å². The Morgan fingerprint density at radius 3 is 2.04 bits per heavy atom. The van der Waals surface area contributed by atoms with Gasteiger partial charge in [-0.1, -0.05) is 60.7 Å². The number of hydrogen-bond donors (Lipinski definition) is 1. The monoisotopic (exact) mass is 324 g/mol. The fourth-order valence-corrected chi connectivity index (χ4v) is 3.16. The van der Waals surface area contributed by atoms with Crippen molar-refractivity contribution in [2.75, 3.05) is 4.90 Å². The number of anilines is 3. The Morgan fingerprint density at radius 2 is 1.24 bits per heavy atom. The number of nitrogens with zero attached hydrogens (tertiary/aromatic N) is 1. The van der Waals surface area contributed by atoms with Gasteiger partial charge in [-0.15, -0.1) is 0 Å². The topological polar surface area (TPSA) is 29.3 Å². The summed E-state index contributed by atoms with van der Waals surface area (Å²) in [6.07, 6.45) is 0. The van der Waals surface area contributed by atoms with Crippen LogP contribution in [0.25, 0.3) is 10.8 Å². The molecule has 0 aliphatic heterocycles. The van der Waals surface area contributed by atoms with E-state index in [-0.39, 0.29) is 0 Å². The molecular formula is C23H20N2. The van der Waals surface area contributed by atoms with Crippen molar-refractivity contribution < 1.29 is 0 Å². The van der Waals surface area contributed by atoms with Crippen LogP contribution < -0.4 is 10.6 Å². The first-order valence-electron chi connectivity index (χ1n) is 8.48. The van der Waals surface area contributed by atoms with Crippen LogP contribution in [0.5, 0.6) is 0 Å². The van der Waals surface area contributed by atoms with Crippen LogP contribution in [0.1, 0.15) is 5.56 Å². The highest BCUT2D eigenvalue weighted by Crippen LogP contribution is 2.36. The Balaban J connectivity index is 1.89. The molecule has 4 rings (SSSR count). The normalized spacial score (nSPS) is 10.8. The van der Waals surface area contributed by atoms with Crippen molar-refractivity contribution in [3.05, 3.63) is 103 Å². The molecular weight excluding hydrogens is 304 g/mol. The Hall–Kier alpha value is -3.10. The van der Waals surface area contributed by atoms with Crippen LogP contribution in [-0.2, 0) is 6.54 Å². The summed E-state index contributed by atoms with van der Waals surface area (Å²) in [6.45, 7) is 0.536. The van der Waals surface area contributed by atoms with Gasteiger partial charge in [0.2, 0.25) is 0 Å². The van der Waals surface area contributed by atoms with Gasteiger partial charge >= 0.3 is 0 Å². The van der Waals surface area contributed by atoms with E-state index in [4.69, 9.17) is 5.73 Å². The van der Waals surface area contributed by atoms with E-state index >= 15 is 0 Å². The highest BCUT2D eigenvalue weighted by atomic mass is 15.1. The second-order valence-corrected chi connectivity index (χ2v) is 6.08. The summed E-state index contributed by atoms with van der Waals surface area (Å²) < 4.78 is 0.